The third-order valence-electron chi connectivity index (χ3n) is 2.93. The second-order valence-corrected chi connectivity index (χ2v) is 4.30. The van der Waals surface area contributed by atoms with Gasteiger partial charge in [-0.05, 0) is 49.2 Å². The van der Waals surface area contributed by atoms with Gasteiger partial charge < -0.3 is 5.32 Å². The van der Waals surface area contributed by atoms with Gasteiger partial charge in [0.25, 0.3) is 5.91 Å². The smallest absolute Gasteiger partial charge is 0.251 e. The Morgan fingerprint density at radius 3 is 2.67 bits per heavy atom. The van der Waals surface area contributed by atoms with Crippen molar-refractivity contribution in [1.29, 1.82) is 0 Å². The van der Waals surface area contributed by atoms with E-state index in [-0.39, 0.29) is 5.91 Å². The summed E-state index contributed by atoms with van der Waals surface area (Å²) in [5, 5.41) is 2.86. The van der Waals surface area contributed by atoms with Gasteiger partial charge >= 0.3 is 0 Å². The Bertz CT molecular complexity index is 550. The maximum atomic E-state index is 11.9. The standard InChI is InChI=1S/C15H16N2O/c1-11-6-7-13(9-12(11)2)15(18)17-10-14-5-3-4-8-16-14/h3-9H,10H2,1-2H3,(H,17,18). The highest BCUT2D eigenvalue weighted by Crippen LogP contribution is 2.09. The predicted octanol–water partition coefficient (Wildman–Crippen LogP) is 2.63. The zero-order valence-corrected chi connectivity index (χ0v) is 10.6. The fourth-order valence-corrected chi connectivity index (χ4v) is 1.66. The molecule has 0 aliphatic rings. The quantitative estimate of drug-likeness (QED) is 0.896. The first-order chi connectivity index (χ1) is 8.66. The molecule has 0 fully saturated rings. The summed E-state index contributed by atoms with van der Waals surface area (Å²) in [7, 11) is 0. The van der Waals surface area contributed by atoms with Gasteiger partial charge in [0.1, 0.15) is 0 Å². The first-order valence-corrected chi connectivity index (χ1v) is 5.92. The number of benzene rings is 1. The lowest BCUT2D eigenvalue weighted by molar-refractivity contribution is 0.0950. The van der Waals surface area contributed by atoms with E-state index in [1.807, 2.05) is 50.2 Å². The van der Waals surface area contributed by atoms with Crippen molar-refractivity contribution in [3.05, 3.63) is 65.0 Å². The number of aryl methyl sites for hydroxylation is 2. The van der Waals surface area contributed by atoms with Crippen LogP contribution in [0.3, 0.4) is 0 Å². The Hall–Kier alpha value is -2.16. The molecule has 0 atom stereocenters. The van der Waals surface area contributed by atoms with Crippen molar-refractivity contribution in [3.63, 3.8) is 0 Å². The van der Waals surface area contributed by atoms with E-state index in [4.69, 9.17) is 0 Å². The molecular formula is C15H16N2O. The lowest BCUT2D eigenvalue weighted by Crippen LogP contribution is -2.23. The van der Waals surface area contributed by atoms with Crippen LogP contribution in [0.2, 0.25) is 0 Å². The van der Waals surface area contributed by atoms with Gasteiger partial charge in [-0.3, -0.25) is 9.78 Å². The van der Waals surface area contributed by atoms with Crippen molar-refractivity contribution in [2.24, 2.45) is 0 Å². The van der Waals surface area contributed by atoms with Crippen molar-refractivity contribution in [2.75, 3.05) is 0 Å². The second kappa shape index (κ2) is 5.45. The van der Waals surface area contributed by atoms with Gasteiger partial charge in [-0.25, -0.2) is 0 Å². The van der Waals surface area contributed by atoms with Crippen molar-refractivity contribution in [2.45, 2.75) is 20.4 Å². The molecule has 2 aromatic rings. The molecule has 0 saturated heterocycles. The number of hydrogen-bond acceptors (Lipinski definition) is 2. The van der Waals surface area contributed by atoms with E-state index in [1.165, 1.54) is 5.56 Å². The minimum absolute atomic E-state index is 0.0660. The van der Waals surface area contributed by atoms with E-state index in [0.29, 0.717) is 12.1 Å². The number of nitrogens with one attached hydrogen (secondary N) is 1. The molecule has 1 amide bonds. The van der Waals surface area contributed by atoms with E-state index in [0.717, 1.165) is 11.3 Å². The van der Waals surface area contributed by atoms with Gasteiger partial charge in [-0.2, -0.15) is 0 Å². The molecule has 2 rings (SSSR count). The predicted molar refractivity (Wildman–Crippen MR) is 71.3 cm³/mol. The Kier molecular flexibility index (Phi) is 3.72. The number of amides is 1. The normalized spacial score (nSPS) is 10.1. The summed E-state index contributed by atoms with van der Waals surface area (Å²) in [6.45, 7) is 4.49. The third kappa shape index (κ3) is 2.94. The number of pyridine rings is 1. The van der Waals surface area contributed by atoms with Gasteiger partial charge in [0.15, 0.2) is 0 Å². The Morgan fingerprint density at radius 2 is 2.00 bits per heavy atom. The highest BCUT2D eigenvalue weighted by Gasteiger charge is 2.06. The highest BCUT2D eigenvalue weighted by molar-refractivity contribution is 5.94. The summed E-state index contributed by atoms with van der Waals surface area (Å²) in [5.74, 6) is -0.0660. The van der Waals surface area contributed by atoms with Gasteiger partial charge in [-0.15, -0.1) is 0 Å². The molecule has 3 nitrogen and oxygen atoms in total. The van der Waals surface area contributed by atoms with E-state index < -0.39 is 0 Å². The fraction of sp³-hybridized carbons (Fsp3) is 0.200. The van der Waals surface area contributed by atoms with Crippen molar-refractivity contribution >= 4 is 5.91 Å². The van der Waals surface area contributed by atoms with E-state index in [1.54, 1.807) is 6.20 Å². The molecular weight excluding hydrogens is 224 g/mol. The molecule has 92 valence electrons. The van der Waals surface area contributed by atoms with Crippen LogP contribution in [0.4, 0.5) is 0 Å². The summed E-state index contributed by atoms with van der Waals surface area (Å²) in [4.78, 5) is 16.1. The molecule has 0 saturated carbocycles. The van der Waals surface area contributed by atoms with Gasteiger partial charge in [0.2, 0.25) is 0 Å². The molecule has 0 unspecified atom stereocenters. The molecule has 1 N–H and O–H groups in total. The molecule has 18 heavy (non-hydrogen) atoms. The molecule has 0 radical (unpaired) electrons. The molecule has 1 aromatic carbocycles. The van der Waals surface area contributed by atoms with Crippen LogP contribution >= 0.6 is 0 Å². The number of carbonyl (C=O) groups excluding carboxylic acids is 1. The summed E-state index contributed by atoms with van der Waals surface area (Å²) in [6.07, 6.45) is 1.72. The second-order valence-electron chi connectivity index (χ2n) is 4.30. The van der Waals surface area contributed by atoms with E-state index in [2.05, 4.69) is 10.3 Å². The number of aromatic nitrogens is 1. The monoisotopic (exact) mass is 240 g/mol. The van der Waals surface area contributed by atoms with Crippen LogP contribution in [0.25, 0.3) is 0 Å². The zero-order chi connectivity index (χ0) is 13.0. The molecule has 0 spiro atoms. The number of hydrogen-bond donors (Lipinski definition) is 1. The van der Waals surface area contributed by atoms with Crippen LogP contribution in [0, 0.1) is 13.8 Å². The maximum absolute atomic E-state index is 11.9. The van der Waals surface area contributed by atoms with Crippen LogP contribution in [-0.2, 0) is 6.54 Å². The van der Waals surface area contributed by atoms with Crippen molar-refractivity contribution in [3.8, 4) is 0 Å². The summed E-state index contributed by atoms with van der Waals surface area (Å²) < 4.78 is 0. The molecule has 1 aromatic heterocycles. The summed E-state index contributed by atoms with van der Waals surface area (Å²) in [6, 6.07) is 11.4. The maximum Gasteiger partial charge on any atom is 0.251 e. The van der Waals surface area contributed by atoms with E-state index >= 15 is 0 Å². The minimum atomic E-state index is -0.0660. The lowest BCUT2D eigenvalue weighted by atomic mass is 10.1. The average molecular weight is 240 g/mol. The SMILES string of the molecule is Cc1ccc(C(=O)NCc2ccccn2)cc1C. The minimum Gasteiger partial charge on any atom is -0.346 e. The molecule has 3 heteroatoms. The Labute approximate surface area is 107 Å². The average Bonchev–Trinajstić information content (AvgIpc) is 2.40. The van der Waals surface area contributed by atoms with Gasteiger partial charge in [0, 0.05) is 11.8 Å². The van der Waals surface area contributed by atoms with Crippen LogP contribution in [0.5, 0.6) is 0 Å². The van der Waals surface area contributed by atoms with Crippen LogP contribution in [-0.4, -0.2) is 10.9 Å². The van der Waals surface area contributed by atoms with Gasteiger partial charge in [0.05, 0.1) is 12.2 Å². The third-order valence-corrected chi connectivity index (χ3v) is 2.93. The number of carbonyl (C=O) groups is 1. The molecule has 0 bridgehead atoms. The first-order valence-electron chi connectivity index (χ1n) is 5.92. The largest absolute Gasteiger partial charge is 0.346 e. The van der Waals surface area contributed by atoms with Crippen LogP contribution in [0.15, 0.2) is 42.6 Å². The molecule has 0 aliphatic carbocycles. The zero-order valence-electron chi connectivity index (χ0n) is 10.6. The fourth-order valence-electron chi connectivity index (χ4n) is 1.66. The first kappa shape index (κ1) is 12.3. The van der Waals surface area contributed by atoms with Crippen molar-refractivity contribution < 1.29 is 4.79 Å². The topological polar surface area (TPSA) is 42.0 Å². The number of rotatable bonds is 3. The van der Waals surface area contributed by atoms with E-state index in [9.17, 15) is 4.79 Å². The molecule has 0 aliphatic heterocycles. The van der Waals surface area contributed by atoms with Crippen LogP contribution in [0.1, 0.15) is 27.2 Å². The Morgan fingerprint density at radius 1 is 1.17 bits per heavy atom. The highest BCUT2D eigenvalue weighted by atomic mass is 16.1. The lowest BCUT2D eigenvalue weighted by Gasteiger charge is -2.06. The van der Waals surface area contributed by atoms with Crippen LogP contribution < -0.4 is 5.32 Å². The Balaban J connectivity index is 2.02. The summed E-state index contributed by atoms with van der Waals surface area (Å²) in [5.41, 5.74) is 3.86. The van der Waals surface area contributed by atoms with Crippen molar-refractivity contribution in [1.82, 2.24) is 10.3 Å². The molecule has 1 heterocycles. The number of nitrogens with zero attached hydrogens (tertiary/aromatic N) is 1. The summed E-state index contributed by atoms with van der Waals surface area (Å²) >= 11 is 0. The van der Waals surface area contributed by atoms with Gasteiger partial charge in [-0.1, -0.05) is 12.1 Å².